The zero-order valence-corrected chi connectivity index (χ0v) is 21.3. The first kappa shape index (κ1) is 22.8. The molecular formula is C29H23Cl2N3O3. The number of carboxylic acid groups (broad SMARTS) is 1. The van der Waals surface area contributed by atoms with E-state index in [4.69, 9.17) is 27.7 Å². The van der Waals surface area contributed by atoms with Gasteiger partial charge in [0.2, 0.25) is 0 Å². The zero-order chi connectivity index (χ0) is 25.3. The normalized spacial score (nSPS) is 22.6. The van der Waals surface area contributed by atoms with Crippen LogP contribution in [0.25, 0.3) is 28.1 Å². The minimum atomic E-state index is -1.01. The van der Waals surface area contributed by atoms with Crippen LogP contribution in [0.3, 0.4) is 0 Å². The van der Waals surface area contributed by atoms with E-state index in [0.717, 1.165) is 65.0 Å². The molecule has 0 radical (unpaired) electrons. The molecular weight excluding hydrogens is 509 g/mol. The molecule has 0 bridgehead atoms. The van der Waals surface area contributed by atoms with E-state index in [1.165, 1.54) is 0 Å². The third-order valence-electron chi connectivity index (χ3n) is 7.94. The summed E-state index contributed by atoms with van der Waals surface area (Å²) in [5, 5.41) is 16.5. The summed E-state index contributed by atoms with van der Waals surface area (Å²) < 4.78 is 5.80. The summed E-state index contributed by atoms with van der Waals surface area (Å²) in [7, 11) is 0. The molecule has 2 unspecified atom stereocenters. The molecule has 8 heteroatoms. The minimum Gasteiger partial charge on any atom is -0.477 e. The second-order valence-corrected chi connectivity index (χ2v) is 11.1. The van der Waals surface area contributed by atoms with E-state index in [-0.39, 0.29) is 5.69 Å². The van der Waals surface area contributed by atoms with Crippen molar-refractivity contribution >= 4 is 51.7 Å². The van der Waals surface area contributed by atoms with Gasteiger partial charge in [-0.2, -0.15) is 0 Å². The van der Waals surface area contributed by atoms with Crippen LogP contribution >= 0.6 is 23.2 Å². The van der Waals surface area contributed by atoms with Crippen LogP contribution in [0.1, 0.15) is 40.6 Å². The topological polar surface area (TPSA) is 79.5 Å². The predicted molar refractivity (Wildman–Crippen MR) is 144 cm³/mol. The molecule has 0 amide bonds. The maximum Gasteiger partial charge on any atom is 0.354 e. The predicted octanol–water partition coefficient (Wildman–Crippen LogP) is 7.17. The van der Waals surface area contributed by atoms with Crippen molar-refractivity contribution in [3.63, 3.8) is 0 Å². The monoisotopic (exact) mass is 531 g/mol. The van der Waals surface area contributed by atoms with Gasteiger partial charge in [-0.3, -0.25) is 0 Å². The number of anilines is 1. The van der Waals surface area contributed by atoms with Gasteiger partial charge in [0.05, 0.1) is 10.0 Å². The van der Waals surface area contributed by atoms with Crippen LogP contribution in [0.4, 0.5) is 5.69 Å². The molecule has 6 nitrogen and oxygen atoms in total. The van der Waals surface area contributed by atoms with E-state index >= 15 is 0 Å². The molecule has 3 fully saturated rings. The Bertz CT molecular complexity index is 1560. The van der Waals surface area contributed by atoms with Gasteiger partial charge >= 0.3 is 5.97 Å². The highest BCUT2D eigenvalue weighted by Crippen LogP contribution is 2.54. The Morgan fingerprint density at radius 1 is 1.05 bits per heavy atom. The van der Waals surface area contributed by atoms with Gasteiger partial charge in [0.1, 0.15) is 17.1 Å². The van der Waals surface area contributed by atoms with Gasteiger partial charge in [0, 0.05) is 47.4 Å². The molecule has 4 aromatic rings. The fraction of sp³-hybridized carbons (Fsp3) is 0.276. The van der Waals surface area contributed by atoms with Gasteiger partial charge in [-0.25, -0.2) is 9.78 Å². The van der Waals surface area contributed by atoms with E-state index < -0.39 is 5.97 Å². The molecule has 1 N–H and O–H groups in total. The van der Waals surface area contributed by atoms with E-state index in [2.05, 4.69) is 39.3 Å². The summed E-state index contributed by atoms with van der Waals surface area (Å²) in [4.78, 5) is 17.7. The molecule has 37 heavy (non-hydrogen) atoms. The summed E-state index contributed by atoms with van der Waals surface area (Å²) in [6.07, 6.45) is 8.37. The third kappa shape index (κ3) is 3.99. The molecule has 2 atom stereocenters. The Balaban J connectivity index is 1.09. The number of nitrogens with zero attached hydrogens (tertiary/aromatic N) is 3. The van der Waals surface area contributed by atoms with Crippen molar-refractivity contribution in [3.05, 3.63) is 81.8 Å². The largest absolute Gasteiger partial charge is 0.477 e. The van der Waals surface area contributed by atoms with Gasteiger partial charge in [-0.15, -0.1) is 0 Å². The zero-order valence-electron chi connectivity index (χ0n) is 19.8. The summed E-state index contributed by atoms with van der Waals surface area (Å²) in [6.45, 7) is 1.99. The molecule has 7 rings (SSSR count). The van der Waals surface area contributed by atoms with Crippen LogP contribution in [0, 0.1) is 17.8 Å². The minimum absolute atomic E-state index is 0.0647. The Hall–Kier alpha value is -3.35. The summed E-state index contributed by atoms with van der Waals surface area (Å²) in [6, 6.07) is 13.3. The van der Waals surface area contributed by atoms with E-state index in [1.54, 1.807) is 12.3 Å². The second-order valence-electron chi connectivity index (χ2n) is 10.3. The van der Waals surface area contributed by atoms with E-state index in [9.17, 15) is 9.90 Å². The molecule has 1 saturated heterocycles. The van der Waals surface area contributed by atoms with Crippen LogP contribution in [0.15, 0.2) is 59.3 Å². The van der Waals surface area contributed by atoms with Crippen molar-refractivity contribution in [2.75, 3.05) is 18.0 Å². The third-order valence-corrected chi connectivity index (χ3v) is 8.57. The van der Waals surface area contributed by atoms with Crippen molar-refractivity contribution in [1.82, 2.24) is 10.1 Å². The number of carboxylic acids is 1. The van der Waals surface area contributed by atoms with Gasteiger partial charge < -0.3 is 14.5 Å². The second kappa shape index (κ2) is 8.61. The molecule has 186 valence electrons. The highest BCUT2D eigenvalue weighted by molar-refractivity contribution is 6.39. The Kier molecular flexibility index (Phi) is 5.31. The van der Waals surface area contributed by atoms with E-state index in [0.29, 0.717) is 33.7 Å². The molecule has 2 aliphatic carbocycles. The number of carbonyl (C=O) groups is 1. The van der Waals surface area contributed by atoms with Crippen LogP contribution in [0.5, 0.6) is 0 Å². The number of piperidine rings is 1. The molecule has 2 saturated carbocycles. The van der Waals surface area contributed by atoms with Crippen molar-refractivity contribution in [3.8, 4) is 11.3 Å². The Morgan fingerprint density at radius 3 is 2.51 bits per heavy atom. The van der Waals surface area contributed by atoms with Crippen molar-refractivity contribution < 1.29 is 14.4 Å². The summed E-state index contributed by atoms with van der Waals surface area (Å²) in [5.41, 5.74) is 3.66. The molecule has 3 heterocycles. The number of allylic oxidation sites excluding steroid dienone is 1. The number of fused-ring (bicyclic) bond motifs is 2. The first-order valence-electron chi connectivity index (χ1n) is 12.5. The smallest absolute Gasteiger partial charge is 0.354 e. The van der Waals surface area contributed by atoms with Crippen molar-refractivity contribution in [1.29, 1.82) is 0 Å². The van der Waals surface area contributed by atoms with Gasteiger partial charge in [-0.05, 0) is 66.3 Å². The molecule has 1 aliphatic heterocycles. The lowest BCUT2D eigenvalue weighted by molar-refractivity contribution is 0.0690. The maximum atomic E-state index is 11.2. The number of rotatable bonds is 6. The fourth-order valence-corrected chi connectivity index (χ4v) is 6.31. The van der Waals surface area contributed by atoms with Crippen molar-refractivity contribution in [2.24, 2.45) is 17.8 Å². The molecule has 3 aliphatic rings. The molecule has 2 aromatic carbocycles. The lowest BCUT2D eigenvalue weighted by atomic mass is 10.0. The molecule has 0 spiro atoms. The Morgan fingerprint density at radius 2 is 1.81 bits per heavy atom. The standard InChI is InChI=1S/C29H23Cl2N3O3/c30-23-2-1-3-24(31)26(23)27-20(28(37-33-27)15-4-5-15)9-8-19-21-13-34(14-22(19)21)18-7-6-16-11-25(29(35)36)32-12-17(16)10-18/h1-3,6-12,15,19,21-22H,4-5,13-14H2,(H,35,36)/b9-8+. The number of aromatic nitrogens is 2. The summed E-state index contributed by atoms with van der Waals surface area (Å²) >= 11 is 13.0. The average molecular weight is 532 g/mol. The number of hydrogen-bond donors (Lipinski definition) is 1. The SMILES string of the molecule is O=C(O)c1cc2ccc(N3CC4C(/C=C/c5c(-c6c(Cl)cccc6Cl)noc5C5CC5)C4C3)cc2cn1. The first-order valence-corrected chi connectivity index (χ1v) is 13.2. The van der Waals surface area contributed by atoms with Crippen LogP contribution in [0.2, 0.25) is 10.0 Å². The van der Waals surface area contributed by atoms with Gasteiger partial charge in [0.15, 0.2) is 0 Å². The quantitative estimate of drug-likeness (QED) is 0.284. The van der Waals surface area contributed by atoms with Crippen LogP contribution < -0.4 is 4.90 Å². The van der Waals surface area contributed by atoms with Gasteiger partial charge in [-0.1, -0.05) is 52.6 Å². The van der Waals surface area contributed by atoms with E-state index in [1.807, 2.05) is 24.3 Å². The lowest BCUT2D eigenvalue weighted by Gasteiger charge is -2.22. The maximum absolute atomic E-state index is 11.2. The highest BCUT2D eigenvalue weighted by Gasteiger charge is 2.54. The lowest BCUT2D eigenvalue weighted by Crippen LogP contribution is -2.23. The van der Waals surface area contributed by atoms with Gasteiger partial charge in [0.25, 0.3) is 0 Å². The number of halogens is 2. The average Bonchev–Trinajstić information content (AvgIpc) is 3.75. The first-order chi connectivity index (χ1) is 18.0. The fourth-order valence-electron chi connectivity index (χ4n) is 5.73. The number of pyridine rings is 1. The van der Waals surface area contributed by atoms with Crippen LogP contribution in [-0.4, -0.2) is 34.3 Å². The highest BCUT2D eigenvalue weighted by atomic mass is 35.5. The number of aromatic carboxylic acids is 1. The Labute approximate surface area is 223 Å². The number of benzene rings is 2. The number of hydrogen-bond acceptors (Lipinski definition) is 5. The van der Waals surface area contributed by atoms with Crippen LogP contribution in [-0.2, 0) is 0 Å². The van der Waals surface area contributed by atoms with Crippen molar-refractivity contribution in [2.45, 2.75) is 18.8 Å². The molecule has 2 aromatic heterocycles. The summed E-state index contributed by atoms with van der Waals surface area (Å²) in [5.74, 6) is 2.08.